The van der Waals surface area contributed by atoms with Gasteiger partial charge in [0.2, 0.25) is 5.24 Å². The van der Waals surface area contributed by atoms with Crippen molar-refractivity contribution in [2.24, 2.45) is 0 Å². The van der Waals surface area contributed by atoms with E-state index in [4.69, 9.17) is 35.4 Å². The summed E-state index contributed by atoms with van der Waals surface area (Å²) in [6, 6.07) is 0. The van der Waals surface area contributed by atoms with Crippen LogP contribution in [0.4, 0.5) is 4.70 Å². The summed E-state index contributed by atoms with van der Waals surface area (Å²) in [5.74, 6) is 0. The summed E-state index contributed by atoms with van der Waals surface area (Å²) in [7, 11) is 0. The van der Waals surface area contributed by atoms with Crippen LogP contribution in [0.2, 0.25) is 0 Å². The van der Waals surface area contributed by atoms with E-state index in [0.29, 0.717) is 10.4 Å². The zero-order chi connectivity index (χ0) is 8.43. The normalized spacial score (nSPS) is 21.3. The highest BCUT2D eigenvalue weighted by atomic mass is 35.5. The lowest BCUT2D eigenvalue weighted by Crippen LogP contribution is -2.18. The van der Waals surface area contributed by atoms with E-state index in [2.05, 4.69) is 0 Å². The number of halogens is 3. The fraction of sp³-hybridized carbons (Fsp3) is 0.143. The minimum Gasteiger partial charge on any atom is -0.276 e. The van der Waals surface area contributed by atoms with Crippen LogP contribution in [-0.4, -0.2) is 15.5 Å². The second-order valence-corrected chi connectivity index (χ2v) is 3.27. The fourth-order valence-corrected chi connectivity index (χ4v) is 1.41. The molecule has 1 atom stereocenters. The number of rotatable bonds is 1. The standard InChI is InChI=1S/C7H4Cl2OS.FH/c8-6-4(7(9)10)2-1-3-5(6)11;/h1-3,6H;1H. The Kier molecular flexibility index (Phi) is 4.60. The van der Waals surface area contributed by atoms with Gasteiger partial charge < -0.3 is 0 Å². The third kappa shape index (κ3) is 2.37. The van der Waals surface area contributed by atoms with Gasteiger partial charge in [-0.15, -0.1) is 11.6 Å². The fourth-order valence-electron chi connectivity index (χ4n) is 0.734. The van der Waals surface area contributed by atoms with E-state index in [1.807, 2.05) is 0 Å². The van der Waals surface area contributed by atoms with E-state index in [9.17, 15) is 4.79 Å². The Labute approximate surface area is 84.4 Å². The molecule has 66 valence electrons. The topological polar surface area (TPSA) is 17.1 Å². The first kappa shape index (κ1) is 11.8. The molecule has 0 spiro atoms. The summed E-state index contributed by atoms with van der Waals surface area (Å²) < 4.78 is 0. The van der Waals surface area contributed by atoms with E-state index in [0.717, 1.165) is 0 Å². The van der Waals surface area contributed by atoms with Crippen molar-refractivity contribution in [2.75, 3.05) is 0 Å². The Morgan fingerprint density at radius 3 is 2.58 bits per heavy atom. The molecule has 0 amide bonds. The van der Waals surface area contributed by atoms with E-state index >= 15 is 0 Å². The molecule has 0 aromatic rings. The number of thiocarbonyl (C=S) groups is 1. The van der Waals surface area contributed by atoms with Gasteiger partial charge in [-0.1, -0.05) is 24.4 Å². The van der Waals surface area contributed by atoms with Crippen molar-refractivity contribution in [2.45, 2.75) is 5.38 Å². The molecular weight excluding hydrogens is 222 g/mol. The number of carbonyl (C=O) groups excluding carboxylic acids is 1. The molecule has 12 heavy (non-hydrogen) atoms. The van der Waals surface area contributed by atoms with Gasteiger partial charge in [0.15, 0.2) is 0 Å². The molecule has 1 nitrogen and oxygen atoms in total. The van der Waals surface area contributed by atoms with Crippen LogP contribution in [0.5, 0.6) is 0 Å². The highest BCUT2D eigenvalue weighted by molar-refractivity contribution is 7.81. The summed E-state index contributed by atoms with van der Waals surface area (Å²) in [5.41, 5.74) is 0.348. The van der Waals surface area contributed by atoms with Crippen molar-refractivity contribution in [3.8, 4) is 0 Å². The molecule has 0 aromatic carbocycles. The van der Waals surface area contributed by atoms with Crippen LogP contribution >= 0.6 is 35.4 Å². The average Bonchev–Trinajstić information content (AvgIpc) is 1.94. The van der Waals surface area contributed by atoms with Crippen LogP contribution in [0.3, 0.4) is 0 Å². The first-order chi connectivity index (χ1) is 5.13. The number of carbonyl (C=O) groups is 1. The lowest BCUT2D eigenvalue weighted by molar-refractivity contribution is -0.108. The van der Waals surface area contributed by atoms with Gasteiger partial charge in [0.05, 0.1) is 5.38 Å². The predicted octanol–water partition coefficient (Wildman–Crippen LogP) is 2.38. The minimum absolute atomic E-state index is 0. The molecule has 1 unspecified atom stereocenters. The van der Waals surface area contributed by atoms with Crippen molar-refractivity contribution in [1.29, 1.82) is 0 Å². The Balaban J connectivity index is 0.00000121. The molecule has 0 bridgehead atoms. The first-order valence-corrected chi connectivity index (χ1v) is 4.11. The largest absolute Gasteiger partial charge is 0.276 e. The maximum atomic E-state index is 10.7. The lowest BCUT2D eigenvalue weighted by Gasteiger charge is -2.11. The first-order valence-electron chi connectivity index (χ1n) is 2.89. The van der Waals surface area contributed by atoms with Crippen molar-refractivity contribution < 1.29 is 9.50 Å². The van der Waals surface area contributed by atoms with Gasteiger partial charge in [0, 0.05) is 10.4 Å². The van der Waals surface area contributed by atoms with Gasteiger partial charge in [0.1, 0.15) is 0 Å². The van der Waals surface area contributed by atoms with Gasteiger partial charge in [-0.2, -0.15) is 0 Å². The Hall–Kier alpha value is -0.250. The third-order valence-electron chi connectivity index (χ3n) is 1.29. The zero-order valence-electron chi connectivity index (χ0n) is 5.79. The highest BCUT2D eigenvalue weighted by Gasteiger charge is 2.21. The van der Waals surface area contributed by atoms with Crippen molar-refractivity contribution in [3.63, 3.8) is 0 Å². The van der Waals surface area contributed by atoms with Crippen LogP contribution in [0.25, 0.3) is 0 Å². The van der Waals surface area contributed by atoms with Crippen LogP contribution in [0, 0.1) is 0 Å². The second-order valence-electron chi connectivity index (χ2n) is 2.02. The highest BCUT2D eigenvalue weighted by Crippen LogP contribution is 2.19. The van der Waals surface area contributed by atoms with E-state index in [1.54, 1.807) is 18.2 Å². The van der Waals surface area contributed by atoms with Crippen molar-refractivity contribution in [1.82, 2.24) is 0 Å². The molecule has 0 radical (unpaired) electrons. The smallest absolute Gasteiger partial charge is 0.250 e. The lowest BCUT2D eigenvalue weighted by atomic mass is 10.1. The molecule has 0 fully saturated rings. The van der Waals surface area contributed by atoms with Crippen molar-refractivity contribution in [3.05, 3.63) is 23.8 Å². The van der Waals surface area contributed by atoms with Crippen molar-refractivity contribution >= 4 is 45.5 Å². The molecule has 1 aliphatic rings. The average molecular weight is 227 g/mol. The maximum Gasteiger partial charge on any atom is 0.250 e. The summed E-state index contributed by atoms with van der Waals surface area (Å²) in [6.07, 6.45) is 4.91. The molecule has 1 rings (SSSR count). The molecule has 1 aliphatic carbocycles. The molecule has 0 aromatic heterocycles. The van der Waals surface area contributed by atoms with Crippen LogP contribution < -0.4 is 0 Å². The van der Waals surface area contributed by atoms with Crippen LogP contribution in [0.1, 0.15) is 0 Å². The quantitative estimate of drug-likeness (QED) is 0.388. The van der Waals surface area contributed by atoms with Crippen LogP contribution in [-0.2, 0) is 4.79 Å². The van der Waals surface area contributed by atoms with Gasteiger partial charge in [-0.05, 0) is 17.7 Å². The predicted molar refractivity (Wildman–Crippen MR) is 52.8 cm³/mol. The monoisotopic (exact) mass is 226 g/mol. The van der Waals surface area contributed by atoms with Gasteiger partial charge in [-0.25, -0.2) is 0 Å². The summed E-state index contributed by atoms with van der Waals surface area (Å²) in [6.45, 7) is 0. The number of alkyl halides is 1. The molecule has 0 saturated heterocycles. The summed E-state index contributed by atoms with van der Waals surface area (Å²) in [5, 5.41) is -1.09. The van der Waals surface area contributed by atoms with Crippen LogP contribution in [0.15, 0.2) is 23.8 Å². The second kappa shape index (κ2) is 4.70. The molecule has 0 saturated carbocycles. The zero-order valence-corrected chi connectivity index (χ0v) is 8.12. The molecule has 5 heteroatoms. The number of hydrogen-bond acceptors (Lipinski definition) is 2. The number of hydrogen-bond donors (Lipinski definition) is 0. The van der Waals surface area contributed by atoms with E-state index < -0.39 is 10.6 Å². The Bertz CT molecular complexity index is 273. The summed E-state index contributed by atoms with van der Waals surface area (Å²) >= 11 is 15.8. The summed E-state index contributed by atoms with van der Waals surface area (Å²) in [4.78, 5) is 11.2. The molecule has 0 aliphatic heterocycles. The van der Waals surface area contributed by atoms with Gasteiger partial charge in [0.25, 0.3) is 0 Å². The SMILES string of the molecule is F.O=C(Cl)C1=CC=CC(=S)C1Cl. The Morgan fingerprint density at radius 1 is 1.58 bits per heavy atom. The number of allylic oxidation sites excluding steroid dienone is 4. The van der Waals surface area contributed by atoms with E-state index in [-0.39, 0.29) is 4.70 Å². The van der Waals surface area contributed by atoms with E-state index in [1.165, 1.54) is 0 Å². The third-order valence-corrected chi connectivity index (χ3v) is 2.48. The Morgan fingerprint density at radius 2 is 2.17 bits per heavy atom. The van der Waals surface area contributed by atoms with Gasteiger partial charge >= 0.3 is 0 Å². The molecule has 0 heterocycles. The van der Waals surface area contributed by atoms with Gasteiger partial charge in [-0.3, -0.25) is 9.50 Å². The molecule has 0 N–H and O–H groups in total. The molecular formula is C7H5Cl2FOS. The maximum absolute atomic E-state index is 10.7. The minimum atomic E-state index is -0.545.